The number of hydrogen-bond donors (Lipinski definition) is 3. The van der Waals surface area contributed by atoms with E-state index >= 15 is 0 Å². The highest BCUT2D eigenvalue weighted by Crippen LogP contribution is 2.28. The van der Waals surface area contributed by atoms with Crippen molar-refractivity contribution in [1.29, 1.82) is 0 Å². The summed E-state index contributed by atoms with van der Waals surface area (Å²) in [4.78, 5) is 35.6. The van der Waals surface area contributed by atoms with Gasteiger partial charge in [0.25, 0.3) is 5.91 Å². The van der Waals surface area contributed by atoms with Crippen LogP contribution in [0.5, 0.6) is 11.5 Å². The van der Waals surface area contributed by atoms with Crippen LogP contribution in [-0.2, 0) is 19.1 Å². The molecule has 182 valence electrons. The molecule has 0 saturated carbocycles. The number of carbonyl (C=O) groups is 3. The number of carbonyl (C=O) groups excluding carboxylic acids is 3. The second kappa shape index (κ2) is 13.8. The number of methoxy groups -OCH3 is 1. The Balaban J connectivity index is 1.95. The molecule has 2 aromatic carbocycles. The number of amides is 3. The molecule has 0 spiro atoms. The average molecular weight is 491 g/mol. The van der Waals surface area contributed by atoms with Crippen molar-refractivity contribution in [2.45, 2.75) is 13.8 Å². The summed E-state index contributed by atoms with van der Waals surface area (Å²) in [5.41, 5.74) is 4.19. The molecule has 0 fully saturated rings. The highest BCUT2D eigenvalue weighted by Gasteiger charge is 2.12. The monoisotopic (exact) mass is 490 g/mol. The van der Waals surface area contributed by atoms with Gasteiger partial charge in [0.1, 0.15) is 0 Å². The SMILES string of the molecule is CCOc1cc(/C=N\NC(=O)C(=O)NCCOC)ccc1OCC(=O)Nc1cc(Cl)ccc1C. The molecule has 0 heterocycles. The van der Waals surface area contributed by atoms with Crippen molar-refractivity contribution in [2.24, 2.45) is 5.10 Å². The normalized spacial score (nSPS) is 10.6. The molecule has 0 aliphatic rings. The zero-order valence-corrected chi connectivity index (χ0v) is 19.9. The summed E-state index contributed by atoms with van der Waals surface area (Å²) in [5.74, 6) is -1.33. The Hall–Kier alpha value is -3.63. The van der Waals surface area contributed by atoms with Crippen LogP contribution in [0.2, 0.25) is 5.02 Å². The largest absolute Gasteiger partial charge is 0.490 e. The molecule has 0 atom stereocenters. The molecule has 34 heavy (non-hydrogen) atoms. The number of halogens is 1. The van der Waals surface area contributed by atoms with Crippen LogP contribution in [0.3, 0.4) is 0 Å². The third kappa shape index (κ3) is 8.72. The van der Waals surface area contributed by atoms with Gasteiger partial charge in [-0.15, -0.1) is 0 Å². The third-order valence-electron chi connectivity index (χ3n) is 4.28. The van der Waals surface area contributed by atoms with Crippen LogP contribution in [0.15, 0.2) is 41.5 Å². The van der Waals surface area contributed by atoms with E-state index in [0.717, 1.165) is 5.56 Å². The standard InChI is InChI=1S/C23H27ClN4O6/c1-4-33-20-11-16(13-26-28-23(31)22(30)25-9-10-32-3)6-8-19(20)34-14-21(29)27-18-12-17(24)7-5-15(18)2/h5-8,11-13H,4,9-10,14H2,1-3H3,(H,25,30)(H,27,29)(H,28,31)/b26-13-. The molecule has 10 nitrogen and oxygen atoms in total. The minimum absolute atomic E-state index is 0.211. The molecule has 0 saturated heterocycles. The van der Waals surface area contributed by atoms with Gasteiger partial charge in [0.2, 0.25) is 0 Å². The van der Waals surface area contributed by atoms with Crippen LogP contribution in [-0.4, -0.2) is 57.4 Å². The summed E-state index contributed by atoms with van der Waals surface area (Å²) >= 11 is 5.98. The molecular formula is C23H27ClN4O6. The number of benzene rings is 2. The number of nitrogens with one attached hydrogen (secondary N) is 3. The van der Waals surface area contributed by atoms with Crippen LogP contribution >= 0.6 is 11.6 Å². The number of rotatable bonds is 11. The lowest BCUT2D eigenvalue weighted by molar-refractivity contribution is -0.139. The second-order valence-electron chi connectivity index (χ2n) is 6.88. The topological polar surface area (TPSA) is 127 Å². The fraction of sp³-hybridized carbons (Fsp3) is 0.304. The Morgan fingerprint density at radius 2 is 1.85 bits per heavy atom. The van der Waals surface area contributed by atoms with E-state index in [4.69, 9.17) is 25.8 Å². The molecular weight excluding hydrogens is 464 g/mol. The van der Waals surface area contributed by atoms with E-state index in [9.17, 15) is 14.4 Å². The predicted octanol–water partition coefficient (Wildman–Crippen LogP) is 2.28. The molecule has 2 rings (SSSR count). The van der Waals surface area contributed by atoms with E-state index in [-0.39, 0.29) is 19.1 Å². The van der Waals surface area contributed by atoms with Gasteiger partial charge in [0.05, 0.1) is 19.4 Å². The Labute approximate surface area is 202 Å². The van der Waals surface area contributed by atoms with Crippen LogP contribution in [0, 0.1) is 6.92 Å². The minimum Gasteiger partial charge on any atom is -0.490 e. The number of anilines is 1. The van der Waals surface area contributed by atoms with Crippen molar-refractivity contribution in [3.8, 4) is 11.5 Å². The Morgan fingerprint density at radius 3 is 2.59 bits per heavy atom. The smallest absolute Gasteiger partial charge is 0.329 e. The van der Waals surface area contributed by atoms with Gasteiger partial charge in [-0.2, -0.15) is 5.10 Å². The third-order valence-corrected chi connectivity index (χ3v) is 4.51. The molecule has 2 aromatic rings. The van der Waals surface area contributed by atoms with Crippen LogP contribution in [0.4, 0.5) is 5.69 Å². The van der Waals surface area contributed by atoms with Crippen molar-refractivity contribution < 1.29 is 28.6 Å². The summed E-state index contributed by atoms with van der Waals surface area (Å²) < 4.78 is 16.0. The Bertz CT molecular complexity index is 1040. The van der Waals surface area contributed by atoms with E-state index in [1.807, 2.05) is 19.9 Å². The zero-order chi connectivity index (χ0) is 24.9. The van der Waals surface area contributed by atoms with Crippen LogP contribution in [0.1, 0.15) is 18.1 Å². The van der Waals surface area contributed by atoms with Gasteiger partial charge in [0.15, 0.2) is 18.1 Å². The fourth-order valence-corrected chi connectivity index (χ4v) is 2.79. The van der Waals surface area contributed by atoms with Crippen molar-refractivity contribution in [3.63, 3.8) is 0 Å². The quantitative estimate of drug-likeness (QED) is 0.192. The van der Waals surface area contributed by atoms with Gasteiger partial charge < -0.3 is 24.8 Å². The number of hydrogen-bond acceptors (Lipinski definition) is 7. The van der Waals surface area contributed by atoms with Gasteiger partial charge in [0, 0.05) is 24.4 Å². The predicted molar refractivity (Wildman–Crippen MR) is 129 cm³/mol. The van der Waals surface area contributed by atoms with Gasteiger partial charge in [-0.05, 0) is 55.3 Å². The number of ether oxygens (including phenoxy) is 3. The van der Waals surface area contributed by atoms with Crippen LogP contribution in [0.25, 0.3) is 0 Å². The van der Waals surface area contributed by atoms with Gasteiger partial charge in [-0.3, -0.25) is 14.4 Å². The van der Waals surface area contributed by atoms with Gasteiger partial charge in [-0.25, -0.2) is 5.43 Å². The molecule has 0 aliphatic carbocycles. The van der Waals surface area contributed by atoms with Crippen molar-refractivity contribution in [2.75, 3.05) is 38.8 Å². The highest BCUT2D eigenvalue weighted by molar-refractivity contribution is 6.35. The summed E-state index contributed by atoms with van der Waals surface area (Å²) in [6.45, 7) is 4.29. The maximum atomic E-state index is 12.3. The lowest BCUT2D eigenvalue weighted by atomic mass is 10.2. The van der Waals surface area contributed by atoms with E-state index < -0.39 is 11.8 Å². The van der Waals surface area contributed by atoms with E-state index in [2.05, 4.69) is 21.2 Å². The molecule has 3 N–H and O–H groups in total. The average Bonchev–Trinajstić information content (AvgIpc) is 2.81. The van der Waals surface area contributed by atoms with Crippen molar-refractivity contribution in [3.05, 3.63) is 52.5 Å². The molecule has 0 bridgehead atoms. The summed E-state index contributed by atoms with van der Waals surface area (Å²) in [5, 5.41) is 9.43. The lowest BCUT2D eigenvalue weighted by Gasteiger charge is -2.13. The second-order valence-corrected chi connectivity index (χ2v) is 7.32. The molecule has 3 amide bonds. The Morgan fingerprint density at radius 1 is 1.06 bits per heavy atom. The maximum absolute atomic E-state index is 12.3. The Kier molecular flexibility index (Phi) is 10.8. The summed E-state index contributed by atoms with van der Waals surface area (Å²) in [7, 11) is 1.49. The van der Waals surface area contributed by atoms with Crippen LogP contribution < -0.4 is 25.5 Å². The molecule has 11 heteroatoms. The first-order valence-electron chi connectivity index (χ1n) is 10.4. The fourth-order valence-electron chi connectivity index (χ4n) is 2.61. The van der Waals surface area contributed by atoms with Crippen molar-refractivity contribution in [1.82, 2.24) is 10.7 Å². The first-order valence-corrected chi connectivity index (χ1v) is 10.8. The number of hydrazone groups is 1. The zero-order valence-electron chi connectivity index (χ0n) is 19.1. The number of aryl methyl sites for hydroxylation is 1. The van der Waals surface area contributed by atoms with Gasteiger partial charge in [-0.1, -0.05) is 17.7 Å². The maximum Gasteiger partial charge on any atom is 0.329 e. The first-order chi connectivity index (χ1) is 16.3. The summed E-state index contributed by atoms with van der Waals surface area (Å²) in [6, 6.07) is 10.1. The molecule has 0 radical (unpaired) electrons. The van der Waals surface area contributed by atoms with E-state index in [1.165, 1.54) is 13.3 Å². The minimum atomic E-state index is -0.904. The lowest BCUT2D eigenvalue weighted by Crippen LogP contribution is -2.39. The van der Waals surface area contributed by atoms with E-state index in [0.29, 0.717) is 41.0 Å². The molecule has 0 aliphatic heterocycles. The van der Waals surface area contributed by atoms with Gasteiger partial charge >= 0.3 is 11.8 Å². The number of nitrogens with zero attached hydrogens (tertiary/aromatic N) is 1. The highest BCUT2D eigenvalue weighted by atomic mass is 35.5. The van der Waals surface area contributed by atoms with Crippen molar-refractivity contribution >= 4 is 41.2 Å². The molecule has 0 unspecified atom stereocenters. The summed E-state index contributed by atoms with van der Waals surface area (Å²) in [6.07, 6.45) is 1.35. The molecule has 0 aromatic heterocycles. The van der Waals surface area contributed by atoms with E-state index in [1.54, 1.807) is 30.3 Å². The first kappa shape index (κ1) is 26.6.